The van der Waals surface area contributed by atoms with Crippen molar-refractivity contribution in [3.63, 3.8) is 0 Å². The molecular weight excluding hydrogens is 408 g/mol. The number of ether oxygens (including phenoxy) is 1. The molecule has 3 aromatic rings. The van der Waals surface area contributed by atoms with Gasteiger partial charge in [0.15, 0.2) is 5.78 Å². The molecule has 0 amide bonds. The number of esters is 1. The van der Waals surface area contributed by atoms with Gasteiger partial charge in [-0.05, 0) is 48.6 Å². The van der Waals surface area contributed by atoms with Crippen LogP contribution in [0.3, 0.4) is 0 Å². The van der Waals surface area contributed by atoms with Gasteiger partial charge in [-0.3, -0.25) is 4.79 Å². The molecule has 0 aliphatic heterocycles. The van der Waals surface area contributed by atoms with Crippen LogP contribution in [0, 0.1) is 11.3 Å². The Kier molecular flexibility index (Phi) is 7.01. The second-order valence-corrected chi connectivity index (χ2v) is 8.19. The summed E-state index contributed by atoms with van der Waals surface area (Å²) in [6, 6.07) is 16.9. The molecule has 6 heteroatoms. The van der Waals surface area contributed by atoms with Crippen molar-refractivity contribution < 1.29 is 14.3 Å². The lowest BCUT2D eigenvalue weighted by molar-refractivity contribution is -0.118. The van der Waals surface area contributed by atoms with Crippen LogP contribution in [0.2, 0.25) is 0 Å². The summed E-state index contributed by atoms with van der Waals surface area (Å²) in [6.07, 6.45) is 0.668. The highest BCUT2D eigenvalue weighted by atomic mass is 32.1. The average molecular weight is 433 g/mol. The number of ketones is 1. The van der Waals surface area contributed by atoms with Crippen molar-refractivity contribution in [1.29, 1.82) is 5.26 Å². The lowest BCUT2D eigenvalue weighted by Gasteiger charge is -2.11. The summed E-state index contributed by atoms with van der Waals surface area (Å²) in [6.45, 7) is 5.48. The van der Waals surface area contributed by atoms with Crippen LogP contribution in [0.1, 0.15) is 52.5 Å². The van der Waals surface area contributed by atoms with Gasteiger partial charge in [-0.15, -0.1) is 11.3 Å². The van der Waals surface area contributed by atoms with Gasteiger partial charge in [0.1, 0.15) is 10.9 Å². The molecule has 31 heavy (non-hydrogen) atoms. The van der Waals surface area contributed by atoms with Crippen LogP contribution in [-0.2, 0) is 16.0 Å². The number of benzene rings is 2. The molecule has 0 aliphatic carbocycles. The van der Waals surface area contributed by atoms with Gasteiger partial charge in [-0.25, -0.2) is 4.79 Å². The zero-order valence-corrected chi connectivity index (χ0v) is 18.6. The number of hydrogen-bond acceptors (Lipinski definition) is 6. The second-order valence-electron chi connectivity index (χ2n) is 7.08. The Balaban J connectivity index is 2.04. The van der Waals surface area contributed by atoms with Crippen LogP contribution in [-0.4, -0.2) is 18.4 Å². The number of carbonyl (C=O) groups excluding carboxylic acids is 2. The summed E-state index contributed by atoms with van der Waals surface area (Å²) < 4.78 is 5.22. The molecule has 1 heterocycles. The fraction of sp³-hybridized carbons (Fsp3) is 0.240. The van der Waals surface area contributed by atoms with E-state index in [0.717, 1.165) is 27.1 Å². The van der Waals surface area contributed by atoms with Crippen molar-refractivity contribution in [2.24, 2.45) is 5.73 Å². The minimum Gasteiger partial charge on any atom is -0.462 e. The van der Waals surface area contributed by atoms with Crippen molar-refractivity contribution in [2.75, 3.05) is 6.61 Å². The standard InChI is InChI=1S/C25H24N2O3S/c1-4-21-20(14-26)22(24(31-21)25(29)30-5-2)17-11-9-16(10-12-17)18-7-6-8-19(13-18)23(27)15(3)28/h6-13,23H,4-5,27H2,1-3H3. The number of thiophene rings is 1. The molecule has 0 saturated carbocycles. The monoisotopic (exact) mass is 432 g/mol. The second kappa shape index (κ2) is 9.69. The predicted molar refractivity (Wildman–Crippen MR) is 123 cm³/mol. The van der Waals surface area contributed by atoms with Crippen molar-refractivity contribution in [1.82, 2.24) is 0 Å². The number of nitrogens with zero attached hydrogens (tertiary/aromatic N) is 1. The van der Waals surface area contributed by atoms with Gasteiger partial charge in [0.2, 0.25) is 0 Å². The Morgan fingerprint density at radius 3 is 2.35 bits per heavy atom. The summed E-state index contributed by atoms with van der Waals surface area (Å²) in [5.74, 6) is -0.499. The first-order valence-corrected chi connectivity index (χ1v) is 10.9. The molecular formula is C25H24N2O3S. The fourth-order valence-electron chi connectivity index (χ4n) is 3.44. The van der Waals surface area contributed by atoms with Crippen molar-refractivity contribution >= 4 is 23.1 Å². The minimum absolute atomic E-state index is 0.0905. The highest BCUT2D eigenvalue weighted by molar-refractivity contribution is 7.14. The van der Waals surface area contributed by atoms with E-state index in [1.165, 1.54) is 18.3 Å². The third kappa shape index (κ3) is 4.58. The Morgan fingerprint density at radius 1 is 1.10 bits per heavy atom. The SMILES string of the molecule is CCOC(=O)c1sc(CC)c(C#N)c1-c1ccc(-c2cccc(C(N)C(C)=O)c2)cc1. The first-order valence-electron chi connectivity index (χ1n) is 10.1. The summed E-state index contributed by atoms with van der Waals surface area (Å²) in [4.78, 5) is 25.5. The Labute approximate surface area is 186 Å². The molecule has 0 spiro atoms. The molecule has 1 unspecified atom stereocenters. The number of rotatable bonds is 7. The number of nitriles is 1. The van der Waals surface area contributed by atoms with Crippen LogP contribution in [0.5, 0.6) is 0 Å². The van der Waals surface area contributed by atoms with E-state index in [-0.39, 0.29) is 12.4 Å². The van der Waals surface area contributed by atoms with Crippen molar-refractivity contribution in [3.05, 3.63) is 69.4 Å². The molecule has 2 aromatic carbocycles. The van der Waals surface area contributed by atoms with E-state index in [1.807, 2.05) is 55.5 Å². The molecule has 2 N–H and O–H groups in total. The first-order chi connectivity index (χ1) is 14.9. The Bertz CT molecular complexity index is 1160. The van der Waals surface area contributed by atoms with E-state index in [0.29, 0.717) is 22.4 Å². The zero-order chi connectivity index (χ0) is 22.5. The van der Waals surface area contributed by atoms with E-state index in [2.05, 4.69) is 6.07 Å². The van der Waals surface area contributed by atoms with Crippen LogP contribution in [0.4, 0.5) is 0 Å². The molecule has 0 saturated heterocycles. The van der Waals surface area contributed by atoms with E-state index < -0.39 is 12.0 Å². The van der Waals surface area contributed by atoms with Gasteiger partial charge in [-0.2, -0.15) is 5.26 Å². The Morgan fingerprint density at radius 2 is 1.77 bits per heavy atom. The molecule has 1 aromatic heterocycles. The molecule has 3 rings (SSSR count). The summed E-state index contributed by atoms with van der Waals surface area (Å²) in [5.41, 5.74) is 10.6. The minimum atomic E-state index is -0.650. The summed E-state index contributed by atoms with van der Waals surface area (Å²) in [5, 5.41) is 9.74. The van der Waals surface area contributed by atoms with E-state index in [4.69, 9.17) is 10.5 Å². The van der Waals surface area contributed by atoms with Crippen LogP contribution >= 0.6 is 11.3 Å². The highest BCUT2D eigenvalue weighted by Gasteiger charge is 2.24. The van der Waals surface area contributed by atoms with Gasteiger partial charge in [0, 0.05) is 10.4 Å². The maximum absolute atomic E-state index is 12.5. The predicted octanol–water partition coefficient (Wildman–Crippen LogP) is 5.28. The maximum atomic E-state index is 12.5. The molecule has 5 nitrogen and oxygen atoms in total. The van der Waals surface area contributed by atoms with Gasteiger partial charge in [0.05, 0.1) is 18.2 Å². The maximum Gasteiger partial charge on any atom is 0.348 e. The molecule has 1 atom stereocenters. The summed E-state index contributed by atoms with van der Waals surface area (Å²) >= 11 is 1.32. The normalized spacial score (nSPS) is 11.6. The van der Waals surface area contributed by atoms with E-state index >= 15 is 0 Å². The molecule has 0 fully saturated rings. The number of nitrogens with two attached hydrogens (primary N) is 1. The van der Waals surface area contributed by atoms with Crippen LogP contribution in [0.15, 0.2) is 48.5 Å². The van der Waals surface area contributed by atoms with E-state index in [9.17, 15) is 14.9 Å². The average Bonchev–Trinajstić information content (AvgIpc) is 3.17. The fourth-order valence-corrected chi connectivity index (χ4v) is 4.54. The lowest BCUT2D eigenvalue weighted by atomic mass is 9.95. The molecule has 158 valence electrons. The molecule has 0 aliphatic rings. The largest absolute Gasteiger partial charge is 0.462 e. The number of hydrogen-bond donors (Lipinski definition) is 1. The quantitative estimate of drug-likeness (QED) is 0.513. The van der Waals surface area contributed by atoms with Gasteiger partial charge >= 0.3 is 5.97 Å². The third-order valence-corrected chi connectivity index (χ3v) is 6.38. The summed E-state index contributed by atoms with van der Waals surface area (Å²) in [7, 11) is 0. The number of Topliss-reactive ketones (excluding diaryl/α,β-unsaturated/α-hetero) is 1. The van der Waals surface area contributed by atoms with Crippen LogP contribution < -0.4 is 5.73 Å². The van der Waals surface area contributed by atoms with Gasteiger partial charge in [-0.1, -0.05) is 49.4 Å². The van der Waals surface area contributed by atoms with Crippen molar-refractivity contribution in [3.8, 4) is 28.3 Å². The smallest absolute Gasteiger partial charge is 0.348 e. The van der Waals surface area contributed by atoms with E-state index in [1.54, 1.807) is 6.92 Å². The Hall–Kier alpha value is -3.27. The lowest BCUT2D eigenvalue weighted by Crippen LogP contribution is -2.18. The molecule has 0 radical (unpaired) electrons. The van der Waals surface area contributed by atoms with Crippen LogP contribution in [0.25, 0.3) is 22.3 Å². The first kappa shape index (κ1) is 22.4. The van der Waals surface area contributed by atoms with Gasteiger partial charge < -0.3 is 10.5 Å². The third-order valence-electron chi connectivity index (χ3n) is 5.07. The number of aryl methyl sites for hydroxylation is 1. The zero-order valence-electron chi connectivity index (χ0n) is 17.8. The topological polar surface area (TPSA) is 93.2 Å². The van der Waals surface area contributed by atoms with Crippen molar-refractivity contribution in [2.45, 2.75) is 33.2 Å². The number of carbonyl (C=O) groups is 2. The van der Waals surface area contributed by atoms with Gasteiger partial charge in [0.25, 0.3) is 0 Å². The highest BCUT2D eigenvalue weighted by Crippen LogP contribution is 2.38. The molecule has 0 bridgehead atoms.